The van der Waals surface area contributed by atoms with Gasteiger partial charge in [0.05, 0.1) is 12.0 Å². The molecule has 0 aliphatic rings. The highest BCUT2D eigenvalue weighted by molar-refractivity contribution is 6.32. The fraction of sp³-hybridized carbons (Fsp3) is 0.250. The first-order valence-electron chi connectivity index (χ1n) is 3.99. The summed E-state index contributed by atoms with van der Waals surface area (Å²) >= 11 is 5.93. The number of imidazole rings is 1. The van der Waals surface area contributed by atoms with E-state index in [1.807, 2.05) is 10.6 Å². The van der Waals surface area contributed by atoms with Gasteiger partial charge < -0.3 is 10.1 Å². The molecule has 0 aliphatic heterocycles. The second kappa shape index (κ2) is 3.32. The topological polar surface area (TPSA) is 56.2 Å². The molecule has 2 heterocycles. The summed E-state index contributed by atoms with van der Waals surface area (Å²) in [7, 11) is 0. The summed E-state index contributed by atoms with van der Waals surface area (Å²) in [5.74, 6) is 0. The highest BCUT2D eigenvalue weighted by Crippen LogP contribution is 2.17. The van der Waals surface area contributed by atoms with E-state index in [0.717, 1.165) is 17.6 Å². The number of nitrogens with zero attached hydrogens (tertiary/aromatic N) is 3. The number of hydrogen-bond donors (Lipinski definition) is 1. The highest BCUT2D eigenvalue weighted by atomic mass is 35.5. The Morgan fingerprint density at radius 1 is 1.46 bits per heavy atom. The Kier molecular flexibility index (Phi) is 2.16. The van der Waals surface area contributed by atoms with E-state index in [1.165, 1.54) is 0 Å². The Morgan fingerprint density at radius 3 is 3.08 bits per heavy atom. The van der Waals surface area contributed by atoms with E-state index in [-0.39, 0.29) is 0 Å². The first-order chi connectivity index (χ1) is 6.33. The molecule has 0 aromatic carbocycles. The lowest BCUT2D eigenvalue weighted by molar-refractivity contribution is 0.942. The summed E-state index contributed by atoms with van der Waals surface area (Å²) in [6.07, 6.45) is 5.90. The van der Waals surface area contributed by atoms with Gasteiger partial charge in [-0.2, -0.15) is 0 Å². The number of rotatable bonds is 2. The third kappa shape index (κ3) is 1.38. The molecule has 0 atom stereocenters. The molecule has 68 valence electrons. The van der Waals surface area contributed by atoms with E-state index in [2.05, 4.69) is 9.97 Å². The SMILES string of the molecule is NCCc1ncn2ccnc(Cl)c12. The van der Waals surface area contributed by atoms with Crippen LogP contribution in [0, 0.1) is 0 Å². The molecule has 0 unspecified atom stereocenters. The molecular weight excluding hydrogens is 188 g/mol. The molecule has 0 saturated carbocycles. The van der Waals surface area contributed by atoms with Gasteiger partial charge in [-0.3, -0.25) is 0 Å². The van der Waals surface area contributed by atoms with Crippen LogP contribution in [0.2, 0.25) is 5.15 Å². The van der Waals surface area contributed by atoms with E-state index in [0.29, 0.717) is 11.7 Å². The molecule has 0 radical (unpaired) electrons. The predicted molar refractivity (Wildman–Crippen MR) is 50.8 cm³/mol. The molecule has 2 aromatic heterocycles. The molecule has 2 aromatic rings. The fourth-order valence-electron chi connectivity index (χ4n) is 1.29. The molecule has 2 N–H and O–H groups in total. The summed E-state index contributed by atoms with van der Waals surface area (Å²) in [6.45, 7) is 0.567. The highest BCUT2D eigenvalue weighted by Gasteiger charge is 2.07. The molecule has 0 spiro atoms. The average Bonchev–Trinajstić information content (AvgIpc) is 2.51. The van der Waals surface area contributed by atoms with Crippen LogP contribution in [0.25, 0.3) is 5.52 Å². The van der Waals surface area contributed by atoms with Crippen molar-refractivity contribution in [1.29, 1.82) is 0 Å². The zero-order chi connectivity index (χ0) is 9.26. The van der Waals surface area contributed by atoms with Crippen molar-refractivity contribution >= 4 is 17.1 Å². The van der Waals surface area contributed by atoms with Crippen molar-refractivity contribution in [2.45, 2.75) is 6.42 Å². The minimum Gasteiger partial charge on any atom is -0.330 e. The summed E-state index contributed by atoms with van der Waals surface area (Å²) < 4.78 is 1.85. The van der Waals surface area contributed by atoms with Crippen LogP contribution in [0.1, 0.15) is 5.69 Å². The van der Waals surface area contributed by atoms with Gasteiger partial charge in [-0.1, -0.05) is 11.6 Å². The Labute approximate surface area is 80.4 Å². The van der Waals surface area contributed by atoms with Gasteiger partial charge in [0, 0.05) is 18.8 Å². The first-order valence-corrected chi connectivity index (χ1v) is 4.37. The molecule has 0 bridgehead atoms. The van der Waals surface area contributed by atoms with Crippen LogP contribution in [-0.4, -0.2) is 20.9 Å². The van der Waals surface area contributed by atoms with Crippen LogP contribution in [0.5, 0.6) is 0 Å². The van der Waals surface area contributed by atoms with E-state index < -0.39 is 0 Å². The maximum Gasteiger partial charge on any atom is 0.154 e. The summed E-state index contributed by atoms with van der Waals surface area (Å²) in [5, 5.41) is 0.475. The second-order valence-corrected chi connectivity index (χ2v) is 3.06. The lowest BCUT2D eigenvalue weighted by Crippen LogP contribution is -2.03. The van der Waals surface area contributed by atoms with Gasteiger partial charge in [0.15, 0.2) is 5.15 Å². The first kappa shape index (κ1) is 8.47. The van der Waals surface area contributed by atoms with Gasteiger partial charge in [-0.05, 0) is 6.54 Å². The van der Waals surface area contributed by atoms with E-state index in [4.69, 9.17) is 17.3 Å². The molecule has 0 aliphatic carbocycles. The number of nitrogens with two attached hydrogens (primary N) is 1. The van der Waals surface area contributed by atoms with Crippen LogP contribution >= 0.6 is 11.6 Å². The second-order valence-electron chi connectivity index (χ2n) is 2.70. The third-order valence-corrected chi connectivity index (χ3v) is 2.14. The molecule has 0 saturated heterocycles. The van der Waals surface area contributed by atoms with E-state index >= 15 is 0 Å². The van der Waals surface area contributed by atoms with E-state index in [1.54, 1.807) is 12.5 Å². The van der Waals surface area contributed by atoms with Gasteiger partial charge in [-0.15, -0.1) is 0 Å². The van der Waals surface area contributed by atoms with Crippen molar-refractivity contribution in [2.75, 3.05) is 6.54 Å². The van der Waals surface area contributed by atoms with Gasteiger partial charge in [-0.25, -0.2) is 9.97 Å². The lowest BCUT2D eigenvalue weighted by Gasteiger charge is -1.97. The van der Waals surface area contributed by atoms with Crippen molar-refractivity contribution in [3.63, 3.8) is 0 Å². The molecule has 2 rings (SSSR count). The van der Waals surface area contributed by atoms with E-state index in [9.17, 15) is 0 Å². The van der Waals surface area contributed by atoms with Crippen molar-refractivity contribution in [2.24, 2.45) is 5.73 Å². The van der Waals surface area contributed by atoms with Gasteiger partial charge >= 0.3 is 0 Å². The largest absolute Gasteiger partial charge is 0.330 e. The van der Waals surface area contributed by atoms with Gasteiger partial charge in [0.25, 0.3) is 0 Å². The van der Waals surface area contributed by atoms with Gasteiger partial charge in [0.2, 0.25) is 0 Å². The quantitative estimate of drug-likeness (QED) is 0.776. The Hall–Kier alpha value is -1.13. The number of hydrogen-bond acceptors (Lipinski definition) is 3. The number of halogens is 1. The smallest absolute Gasteiger partial charge is 0.154 e. The zero-order valence-electron chi connectivity index (χ0n) is 6.94. The Balaban J connectivity index is 2.64. The van der Waals surface area contributed by atoms with Gasteiger partial charge in [0.1, 0.15) is 5.52 Å². The monoisotopic (exact) mass is 196 g/mol. The molecular formula is C8H9ClN4. The van der Waals surface area contributed by atoms with Crippen LogP contribution < -0.4 is 5.73 Å². The predicted octanol–water partition coefficient (Wildman–Crippen LogP) is 0.884. The number of aromatic nitrogens is 3. The molecule has 4 nitrogen and oxygen atoms in total. The normalized spacial score (nSPS) is 10.9. The number of fused-ring (bicyclic) bond motifs is 1. The molecule has 13 heavy (non-hydrogen) atoms. The summed E-state index contributed by atoms with van der Waals surface area (Å²) in [4.78, 5) is 8.19. The Morgan fingerprint density at radius 2 is 2.31 bits per heavy atom. The average molecular weight is 197 g/mol. The van der Waals surface area contributed by atoms with Crippen molar-refractivity contribution < 1.29 is 0 Å². The van der Waals surface area contributed by atoms with Crippen LogP contribution in [-0.2, 0) is 6.42 Å². The maximum absolute atomic E-state index is 5.93. The third-order valence-electron chi connectivity index (χ3n) is 1.86. The summed E-state index contributed by atoms with van der Waals surface area (Å²) in [6, 6.07) is 0. The van der Waals surface area contributed by atoms with Crippen LogP contribution in [0.15, 0.2) is 18.7 Å². The maximum atomic E-state index is 5.93. The standard InChI is InChI=1S/C8H9ClN4/c9-8-7-6(1-2-10)12-5-13(7)4-3-11-8/h3-5H,1-2,10H2. The molecule has 5 heteroatoms. The molecule has 0 amide bonds. The van der Waals surface area contributed by atoms with Crippen molar-refractivity contribution in [3.8, 4) is 0 Å². The minimum absolute atomic E-state index is 0.475. The van der Waals surface area contributed by atoms with Crippen molar-refractivity contribution in [1.82, 2.24) is 14.4 Å². The fourth-order valence-corrected chi connectivity index (χ4v) is 1.55. The van der Waals surface area contributed by atoms with Crippen LogP contribution in [0.3, 0.4) is 0 Å². The minimum atomic E-state index is 0.475. The summed E-state index contributed by atoms with van der Waals surface area (Å²) in [5.41, 5.74) is 7.21. The molecule has 0 fully saturated rings. The lowest BCUT2D eigenvalue weighted by atomic mass is 10.3. The zero-order valence-corrected chi connectivity index (χ0v) is 7.70. The Bertz CT molecular complexity index is 423. The van der Waals surface area contributed by atoms with Crippen LogP contribution in [0.4, 0.5) is 0 Å². The van der Waals surface area contributed by atoms with Crippen molar-refractivity contribution in [3.05, 3.63) is 29.6 Å².